The molecule has 0 radical (unpaired) electrons. The van der Waals surface area contributed by atoms with Crippen molar-refractivity contribution in [2.24, 2.45) is 11.8 Å². The number of carbonyl (C=O) groups excluding carboxylic acids is 5. The molecule has 5 amide bonds. The number of methoxy groups -OCH3 is 2. The van der Waals surface area contributed by atoms with Gasteiger partial charge in [0.05, 0.1) is 38.0 Å². The quantitative estimate of drug-likeness (QED) is 0.102. The number of nitrogens with zero attached hydrogens (tertiary/aromatic N) is 4. The number of nitrogens with one attached hydrogen (secondary N) is 4. The molecule has 0 unspecified atom stereocenters. The molecule has 3 aliphatic rings. The van der Waals surface area contributed by atoms with Gasteiger partial charge in [-0.15, -0.1) is 0 Å². The monoisotopic (exact) mass is 917 g/mol. The average molecular weight is 917 g/mol. The van der Waals surface area contributed by atoms with E-state index in [-0.39, 0.29) is 47.2 Å². The van der Waals surface area contributed by atoms with Crippen molar-refractivity contribution in [1.82, 2.24) is 30.8 Å². The molecule has 0 aliphatic carbocycles. The molecular formula is C52H68N8O7. The lowest BCUT2D eigenvalue weighted by Gasteiger charge is -2.34. The summed E-state index contributed by atoms with van der Waals surface area (Å²) in [6.07, 6.45) is 5.45. The van der Waals surface area contributed by atoms with E-state index in [4.69, 9.17) is 14.5 Å². The molecule has 3 aliphatic heterocycles. The maximum atomic E-state index is 13.7. The summed E-state index contributed by atoms with van der Waals surface area (Å²) in [4.78, 5) is 79.2. The molecule has 15 nitrogen and oxygen atoms in total. The summed E-state index contributed by atoms with van der Waals surface area (Å²) in [6.45, 7) is 15.4. The Morgan fingerprint density at radius 2 is 1.24 bits per heavy atom. The van der Waals surface area contributed by atoms with Crippen LogP contribution in [0.25, 0.3) is 11.3 Å². The van der Waals surface area contributed by atoms with Crippen LogP contribution in [0.15, 0.2) is 79.0 Å². The fourth-order valence-corrected chi connectivity index (χ4v) is 9.92. The van der Waals surface area contributed by atoms with E-state index in [1.165, 1.54) is 30.9 Å². The molecule has 4 N–H and O–H groups in total. The van der Waals surface area contributed by atoms with Crippen molar-refractivity contribution < 1.29 is 33.4 Å². The van der Waals surface area contributed by atoms with Gasteiger partial charge in [-0.25, -0.2) is 14.6 Å². The van der Waals surface area contributed by atoms with Crippen LogP contribution in [0.3, 0.4) is 0 Å². The summed E-state index contributed by atoms with van der Waals surface area (Å²) >= 11 is 0. The number of imidazole rings is 1. The summed E-state index contributed by atoms with van der Waals surface area (Å²) in [5, 5.41) is 7.82. The van der Waals surface area contributed by atoms with Crippen LogP contribution in [-0.2, 0) is 29.3 Å². The first kappa shape index (κ1) is 48.6. The number of imide groups is 1. The largest absolute Gasteiger partial charge is 0.453 e. The van der Waals surface area contributed by atoms with Gasteiger partial charge in [0, 0.05) is 36.2 Å². The number of anilines is 2. The fraction of sp³-hybridized carbons (Fsp3) is 0.500. The SMILES string of the molecule is COC(=O)N[C@H](C(=O)NC(=O)[C@@H]1CCCN1c1ccc([C@@H]2CC[C@H](c3ccc(-c4c[nH]c([C@@H]5CCCN5C(=O)[C@@H](NC(=O)OC)C(C)C)n4)cc3)N2c2ccc(C(C)(C)C)cc2)cc1)C(C)C. The molecule has 4 heterocycles. The third-order valence-corrected chi connectivity index (χ3v) is 13.7. The highest BCUT2D eigenvalue weighted by atomic mass is 16.5. The Labute approximate surface area is 394 Å². The molecule has 6 atom stereocenters. The van der Waals surface area contributed by atoms with Crippen molar-refractivity contribution in [3.63, 3.8) is 0 Å². The van der Waals surface area contributed by atoms with E-state index in [0.717, 1.165) is 60.6 Å². The lowest BCUT2D eigenvalue weighted by atomic mass is 9.87. The van der Waals surface area contributed by atoms with Crippen molar-refractivity contribution in [2.75, 3.05) is 37.1 Å². The number of rotatable bonds is 13. The van der Waals surface area contributed by atoms with Gasteiger partial charge in [-0.2, -0.15) is 0 Å². The van der Waals surface area contributed by atoms with Crippen molar-refractivity contribution in [2.45, 2.75) is 129 Å². The van der Waals surface area contributed by atoms with E-state index >= 15 is 0 Å². The average Bonchev–Trinajstić information content (AvgIpc) is 4.16. The number of aromatic nitrogens is 2. The third kappa shape index (κ3) is 10.8. The number of ether oxygens (including phenoxy) is 2. The van der Waals surface area contributed by atoms with Crippen LogP contribution in [0.5, 0.6) is 0 Å². The summed E-state index contributed by atoms with van der Waals surface area (Å²) in [7, 11) is 2.53. The maximum absolute atomic E-state index is 13.7. The van der Waals surface area contributed by atoms with E-state index in [1.807, 2.05) is 24.9 Å². The predicted molar refractivity (Wildman–Crippen MR) is 258 cm³/mol. The smallest absolute Gasteiger partial charge is 0.407 e. The van der Waals surface area contributed by atoms with Gasteiger partial charge in [-0.3, -0.25) is 19.7 Å². The van der Waals surface area contributed by atoms with Gasteiger partial charge in [0.2, 0.25) is 17.7 Å². The van der Waals surface area contributed by atoms with Crippen LogP contribution in [-0.4, -0.2) is 90.2 Å². The van der Waals surface area contributed by atoms with Crippen molar-refractivity contribution in [3.05, 3.63) is 102 Å². The van der Waals surface area contributed by atoms with E-state index < -0.39 is 36.2 Å². The van der Waals surface area contributed by atoms with E-state index in [2.05, 4.69) is 124 Å². The summed E-state index contributed by atoms with van der Waals surface area (Å²) < 4.78 is 9.50. The number of amides is 5. The number of alkyl carbamates (subject to hydrolysis) is 2. The molecule has 0 spiro atoms. The van der Waals surface area contributed by atoms with Gasteiger partial charge in [0.25, 0.3) is 0 Å². The molecule has 15 heteroatoms. The Hall–Kier alpha value is -6.38. The number of hydrogen-bond acceptors (Lipinski definition) is 10. The highest BCUT2D eigenvalue weighted by molar-refractivity contribution is 6.02. The minimum atomic E-state index is -0.910. The minimum Gasteiger partial charge on any atom is -0.453 e. The number of aromatic amines is 1. The van der Waals surface area contributed by atoms with Crippen molar-refractivity contribution in [1.29, 1.82) is 0 Å². The molecule has 3 aromatic carbocycles. The number of benzene rings is 3. The second kappa shape index (κ2) is 20.6. The Morgan fingerprint density at radius 1 is 0.687 bits per heavy atom. The number of likely N-dealkylation sites (tertiary alicyclic amines) is 1. The first-order valence-corrected chi connectivity index (χ1v) is 23.7. The molecule has 4 aromatic rings. The van der Waals surface area contributed by atoms with Crippen LogP contribution >= 0.6 is 0 Å². The van der Waals surface area contributed by atoms with Crippen LogP contribution in [0.2, 0.25) is 0 Å². The molecule has 3 fully saturated rings. The highest BCUT2D eigenvalue weighted by Gasteiger charge is 2.39. The Kier molecular flexibility index (Phi) is 15.0. The zero-order valence-corrected chi connectivity index (χ0v) is 40.4. The van der Waals surface area contributed by atoms with Gasteiger partial charge in [0.1, 0.15) is 23.9 Å². The van der Waals surface area contributed by atoms with Crippen LogP contribution < -0.4 is 25.8 Å². The van der Waals surface area contributed by atoms with Gasteiger partial charge < -0.3 is 39.8 Å². The Balaban J connectivity index is 1.09. The Bertz CT molecular complexity index is 2370. The standard InChI is InChI=1S/C52H68N8O7/c1-31(2)44(55-50(64)66-8)48(62)57-47(61)43-13-11-28-58(43)37-22-18-35(19-23-37)41-27-26-40(60(41)38-24-20-36(21-25-38)52(5,6)7)34-16-14-33(15-17-34)39-30-53-46(54-39)42-12-10-29-59(42)49(63)45(32(3)4)56-51(65)67-9/h14-25,30-32,40-45H,10-13,26-29H2,1-9H3,(H,53,54)(H,55,64)(H,56,65)(H,57,61,62)/t40-,41+,42+,43+,44+,45+/m1/s1. The molecular weight excluding hydrogens is 849 g/mol. The zero-order valence-electron chi connectivity index (χ0n) is 40.4. The van der Waals surface area contributed by atoms with Crippen molar-refractivity contribution >= 4 is 41.3 Å². The minimum absolute atomic E-state index is 0.0115. The number of hydrogen-bond donors (Lipinski definition) is 4. The molecule has 1 aromatic heterocycles. The Morgan fingerprint density at radius 3 is 1.81 bits per heavy atom. The second-order valence-electron chi connectivity index (χ2n) is 19.8. The highest BCUT2D eigenvalue weighted by Crippen LogP contribution is 2.48. The maximum Gasteiger partial charge on any atom is 0.407 e. The van der Waals surface area contributed by atoms with Crippen LogP contribution in [0.4, 0.5) is 21.0 Å². The molecule has 7 rings (SSSR count). The topological polar surface area (TPSA) is 178 Å². The molecule has 358 valence electrons. The van der Waals surface area contributed by atoms with Gasteiger partial charge in [-0.1, -0.05) is 97.0 Å². The normalized spacial score (nSPS) is 20.5. The molecule has 0 saturated carbocycles. The lowest BCUT2D eigenvalue weighted by Crippen LogP contribution is -2.54. The second-order valence-corrected chi connectivity index (χ2v) is 19.8. The fourth-order valence-electron chi connectivity index (χ4n) is 9.92. The summed E-state index contributed by atoms with van der Waals surface area (Å²) in [6, 6.07) is 23.9. The van der Waals surface area contributed by atoms with Gasteiger partial charge in [-0.05, 0) is 96.7 Å². The predicted octanol–water partition coefficient (Wildman–Crippen LogP) is 8.49. The zero-order chi connectivity index (χ0) is 48.2. The van der Waals surface area contributed by atoms with Crippen molar-refractivity contribution in [3.8, 4) is 11.3 Å². The summed E-state index contributed by atoms with van der Waals surface area (Å²) in [5.41, 5.74) is 7.48. The molecule has 67 heavy (non-hydrogen) atoms. The van der Waals surface area contributed by atoms with Crippen LogP contribution in [0.1, 0.15) is 128 Å². The first-order valence-electron chi connectivity index (χ1n) is 23.7. The third-order valence-electron chi connectivity index (χ3n) is 13.7. The number of carbonyl (C=O) groups is 5. The first-order chi connectivity index (χ1) is 32.0. The van der Waals surface area contributed by atoms with Crippen LogP contribution in [0, 0.1) is 11.8 Å². The van der Waals surface area contributed by atoms with E-state index in [0.29, 0.717) is 19.5 Å². The molecule has 0 bridgehead atoms. The number of H-pyrrole nitrogens is 1. The summed E-state index contributed by atoms with van der Waals surface area (Å²) in [5.74, 6) is -0.729. The van der Waals surface area contributed by atoms with E-state index in [9.17, 15) is 24.0 Å². The molecule has 3 saturated heterocycles. The van der Waals surface area contributed by atoms with Gasteiger partial charge >= 0.3 is 12.2 Å². The lowest BCUT2D eigenvalue weighted by molar-refractivity contribution is -0.135. The van der Waals surface area contributed by atoms with Gasteiger partial charge in [0.15, 0.2) is 0 Å². The van der Waals surface area contributed by atoms with E-state index in [1.54, 1.807) is 13.8 Å².